The number of rotatable bonds is 5. The molecule has 6 nitrogen and oxygen atoms in total. The highest BCUT2D eigenvalue weighted by Crippen LogP contribution is 2.44. The first-order valence-corrected chi connectivity index (χ1v) is 9.99. The van der Waals surface area contributed by atoms with Gasteiger partial charge in [0.1, 0.15) is 5.75 Å². The molecule has 0 aliphatic carbocycles. The van der Waals surface area contributed by atoms with Gasteiger partial charge in [-0.05, 0) is 55.8 Å². The highest BCUT2D eigenvalue weighted by molar-refractivity contribution is 6.30. The smallest absolute Gasteiger partial charge is 0.336 e. The van der Waals surface area contributed by atoms with Crippen LogP contribution in [0.25, 0.3) is 0 Å². The zero-order valence-electron chi connectivity index (χ0n) is 18.1. The monoisotopic (exact) mass is 441 g/mol. The van der Waals surface area contributed by atoms with Crippen molar-refractivity contribution < 1.29 is 23.8 Å². The molecule has 7 heteroatoms. The summed E-state index contributed by atoms with van der Waals surface area (Å²) in [6.07, 6.45) is 0. The van der Waals surface area contributed by atoms with E-state index in [4.69, 9.17) is 25.8 Å². The molecule has 2 aromatic rings. The summed E-state index contributed by atoms with van der Waals surface area (Å²) in [5.41, 5.74) is 3.52. The number of allylic oxidation sites excluding steroid dienone is 2. The number of benzene rings is 2. The molecule has 0 fully saturated rings. The normalized spacial score (nSPS) is 14.6. The summed E-state index contributed by atoms with van der Waals surface area (Å²) < 4.78 is 15.5. The van der Waals surface area contributed by atoms with Gasteiger partial charge in [-0.1, -0.05) is 23.7 Å². The van der Waals surface area contributed by atoms with Crippen molar-refractivity contribution in [3.63, 3.8) is 0 Å². The van der Waals surface area contributed by atoms with Gasteiger partial charge in [0, 0.05) is 22.1 Å². The van der Waals surface area contributed by atoms with E-state index in [0.29, 0.717) is 33.3 Å². The molecule has 1 aliphatic heterocycles. The molecule has 31 heavy (non-hydrogen) atoms. The fraction of sp³-hybridized carbons (Fsp3) is 0.250. The Morgan fingerprint density at radius 3 is 1.71 bits per heavy atom. The van der Waals surface area contributed by atoms with Crippen LogP contribution in [0.4, 0.5) is 5.69 Å². The first-order chi connectivity index (χ1) is 14.8. The van der Waals surface area contributed by atoms with Gasteiger partial charge in [0.2, 0.25) is 0 Å². The van der Waals surface area contributed by atoms with Crippen LogP contribution >= 0.6 is 11.6 Å². The van der Waals surface area contributed by atoms with Gasteiger partial charge >= 0.3 is 11.9 Å². The van der Waals surface area contributed by atoms with E-state index in [0.717, 1.165) is 11.3 Å². The Bertz CT molecular complexity index is 1010. The average Bonchev–Trinajstić information content (AvgIpc) is 2.78. The molecule has 1 heterocycles. The summed E-state index contributed by atoms with van der Waals surface area (Å²) in [4.78, 5) is 27.7. The number of hydrogen-bond donors (Lipinski definition) is 0. The molecule has 0 radical (unpaired) electrons. The molecule has 0 saturated carbocycles. The Balaban J connectivity index is 2.29. The van der Waals surface area contributed by atoms with Crippen LogP contribution in [-0.2, 0) is 19.1 Å². The fourth-order valence-corrected chi connectivity index (χ4v) is 4.04. The van der Waals surface area contributed by atoms with Gasteiger partial charge in [-0.15, -0.1) is 0 Å². The zero-order chi connectivity index (χ0) is 22.7. The Morgan fingerprint density at radius 2 is 1.29 bits per heavy atom. The van der Waals surface area contributed by atoms with Gasteiger partial charge in [0.15, 0.2) is 0 Å². The van der Waals surface area contributed by atoms with E-state index in [1.807, 2.05) is 43.0 Å². The number of carbonyl (C=O) groups excluding carboxylic acids is 2. The summed E-state index contributed by atoms with van der Waals surface area (Å²) in [7, 11) is 4.23. The van der Waals surface area contributed by atoms with Crippen LogP contribution < -0.4 is 9.64 Å². The lowest BCUT2D eigenvalue weighted by Gasteiger charge is -2.37. The van der Waals surface area contributed by atoms with Crippen LogP contribution in [0.15, 0.2) is 71.1 Å². The molecule has 0 amide bonds. The molecule has 2 aromatic carbocycles. The lowest BCUT2D eigenvalue weighted by atomic mass is 9.79. The van der Waals surface area contributed by atoms with E-state index >= 15 is 0 Å². The maximum Gasteiger partial charge on any atom is 0.336 e. The highest BCUT2D eigenvalue weighted by atomic mass is 35.5. The molecule has 0 atom stereocenters. The Hall–Kier alpha value is -3.25. The second kappa shape index (κ2) is 9.27. The summed E-state index contributed by atoms with van der Waals surface area (Å²) in [5.74, 6) is -1.01. The molecule has 0 N–H and O–H groups in total. The fourth-order valence-electron chi connectivity index (χ4n) is 3.91. The Morgan fingerprint density at radius 1 is 0.806 bits per heavy atom. The molecule has 3 rings (SSSR count). The quantitative estimate of drug-likeness (QED) is 0.618. The predicted molar refractivity (Wildman–Crippen MR) is 119 cm³/mol. The number of anilines is 1. The van der Waals surface area contributed by atoms with E-state index in [1.54, 1.807) is 31.4 Å². The first-order valence-electron chi connectivity index (χ1n) is 9.61. The van der Waals surface area contributed by atoms with Gasteiger partial charge in [-0.25, -0.2) is 9.59 Å². The molecule has 162 valence electrons. The predicted octanol–water partition coefficient (Wildman–Crippen LogP) is 4.85. The Labute approximate surface area is 186 Å². The van der Waals surface area contributed by atoms with E-state index < -0.39 is 17.9 Å². The molecule has 0 unspecified atom stereocenters. The number of esters is 2. The zero-order valence-corrected chi connectivity index (χ0v) is 18.8. The summed E-state index contributed by atoms with van der Waals surface area (Å²) in [5, 5.41) is 0.556. The second-order valence-corrected chi connectivity index (χ2v) is 7.44. The minimum absolute atomic E-state index is 0.353. The van der Waals surface area contributed by atoms with E-state index in [1.165, 1.54) is 14.2 Å². The van der Waals surface area contributed by atoms with Gasteiger partial charge in [-0.2, -0.15) is 0 Å². The third kappa shape index (κ3) is 4.16. The molecular weight excluding hydrogens is 418 g/mol. The molecule has 0 spiro atoms. The topological polar surface area (TPSA) is 65.1 Å². The minimum Gasteiger partial charge on any atom is -0.497 e. The van der Waals surface area contributed by atoms with Crippen LogP contribution in [0.2, 0.25) is 5.02 Å². The third-order valence-corrected chi connectivity index (χ3v) is 5.62. The lowest BCUT2D eigenvalue weighted by Crippen LogP contribution is -2.35. The molecule has 0 saturated heterocycles. The highest BCUT2D eigenvalue weighted by Gasteiger charge is 2.40. The van der Waals surface area contributed by atoms with E-state index in [9.17, 15) is 9.59 Å². The van der Waals surface area contributed by atoms with Crippen molar-refractivity contribution in [3.8, 4) is 5.75 Å². The van der Waals surface area contributed by atoms with Crippen LogP contribution in [0.3, 0.4) is 0 Å². The number of methoxy groups -OCH3 is 3. The standard InChI is InChI=1S/C24H24ClNO5/c1-14-20(23(27)30-4)22(16-6-8-17(25)9-7-16)21(24(28)31-5)15(2)26(14)18-10-12-19(29-3)13-11-18/h6-13,22H,1-5H3. The number of hydrogen-bond acceptors (Lipinski definition) is 6. The molecule has 0 bridgehead atoms. The molecule has 1 aliphatic rings. The van der Waals surface area contributed by atoms with Crippen molar-refractivity contribution >= 4 is 29.2 Å². The largest absolute Gasteiger partial charge is 0.497 e. The van der Waals surface area contributed by atoms with Crippen molar-refractivity contribution in [1.29, 1.82) is 0 Å². The number of ether oxygens (including phenoxy) is 3. The third-order valence-electron chi connectivity index (χ3n) is 5.37. The average molecular weight is 442 g/mol. The van der Waals surface area contributed by atoms with Crippen molar-refractivity contribution in [2.24, 2.45) is 0 Å². The first kappa shape index (κ1) is 22.4. The van der Waals surface area contributed by atoms with Gasteiger partial charge < -0.3 is 19.1 Å². The second-order valence-electron chi connectivity index (χ2n) is 7.00. The van der Waals surface area contributed by atoms with Crippen molar-refractivity contribution in [2.75, 3.05) is 26.2 Å². The number of halogens is 1. The van der Waals surface area contributed by atoms with E-state index in [2.05, 4.69) is 0 Å². The van der Waals surface area contributed by atoms with Crippen LogP contribution in [0.1, 0.15) is 25.3 Å². The van der Waals surface area contributed by atoms with Gasteiger partial charge in [-0.3, -0.25) is 0 Å². The maximum atomic E-state index is 12.9. The van der Waals surface area contributed by atoms with Crippen LogP contribution in [-0.4, -0.2) is 33.3 Å². The molecular formula is C24H24ClNO5. The molecule has 0 aromatic heterocycles. The van der Waals surface area contributed by atoms with Crippen molar-refractivity contribution in [2.45, 2.75) is 19.8 Å². The number of carbonyl (C=O) groups is 2. The summed E-state index contributed by atoms with van der Waals surface area (Å²) in [6, 6.07) is 14.4. The van der Waals surface area contributed by atoms with Crippen molar-refractivity contribution in [1.82, 2.24) is 0 Å². The van der Waals surface area contributed by atoms with Crippen LogP contribution in [0, 0.1) is 0 Å². The summed E-state index contributed by atoms with van der Waals surface area (Å²) in [6.45, 7) is 3.66. The summed E-state index contributed by atoms with van der Waals surface area (Å²) >= 11 is 6.06. The van der Waals surface area contributed by atoms with Gasteiger partial charge in [0.05, 0.1) is 38.4 Å². The SMILES string of the molecule is COC(=O)C1=C(C)N(c2ccc(OC)cc2)C(C)=C(C(=O)OC)C1c1ccc(Cl)cc1. The van der Waals surface area contributed by atoms with Crippen molar-refractivity contribution in [3.05, 3.63) is 81.7 Å². The van der Waals surface area contributed by atoms with E-state index in [-0.39, 0.29) is 0 Å². The lowest BCUT2D eigenvalue weighted by molar-refractivity contribution is -0.137. The Kier molecular flexibility index (Phi) is 6.71. The van der Waals surface area contributed by atoms with Gasteiger partial charge in [0.25, 0.3) is 0 Å². The number of nitrogens with zero attached hydrogens (tertiary/aromatic N) is 1. The van der Waals surface area contributed by atoms with Crippen LogP contribution in [0.5, 0.6) is 5.75 Å². The maximum absolute atomic E-state index is 12.9. The minimum atomic E-state index is -0.660.